The van der Waals surface area contributed by atoms with E-state index in [1.807, 2.05) is 0 Å². The Bertz CT molecular complexity index is 472. The van der Waals surface area contributed by atoms with Gasteiger partial charge in [0.1, 0.15) is 11.5 Å². The number of esters is 1. The van der Waals surface area contributed by atoms with Crippen molar-refractivity contribution >= 4 is 11.7 Å². The molecule has 3 nitrogen and oxygen atoms in total. The van der Waals surface area contributed by atoms with Crippen LogP contribution in [0.5, 0.6) is 0 Å². The summed E-state index contributed by atoms with van der Waals surface area (Å²) in [5.41, 5.74) is 0.165. The van der Waals surface area contributed by atoms with Gasteiger partial charge in [0.15, 0.2) is 5.82 Å². The fourth-order valence-corrected chi connectivity index (χ4v) is 1.32. The SMILES string of the molecule is C=C(CNc1c(F)ccc(C)c1F)C(=O)OCC. The summed E-state index contributed by atoms with van der Waals surface area (Å²) in [7, 11) is 0. The van der Waals surface area contributed by atoms with Gasteiger partial charge in [0.25, 0.3) is 0 Å². The first-order chi connectivity index (χ1) is 8.47. The number of carbonyl (C=O) groups excluding carboxylic acids is 1. The fraction of sp³-hybridized carbons (Fsp3) is 0.308. The molecule has 1 N–H and O–H groups in total. The van der Waals surface area contributed by atoms with Crippen molar-refractivity contribution in [2.75, 3.05) is 18.5 Å². The van der Waals surface area contributed by atoms with E-state index in [9.17, 15) is 13.6 Å². The molecule has 0 saturated heterocycles. The van der Waals surface area contributed by atoms with E-state index in [0.717, 1.165) is 6.07 Å². The van der Waals surface area contributed by atoms with Gasteiger partial charge in [-0.05, 0) is 25.5 Å². The normalized spacial score (nSPS) is 10.0. The second kappa shape index (κ2) is 6.14. The van der Waals surface area contributed by atoms with E-state index in [0.29, 0.717) is 5.56 Å². The average Bonchev–Trinajstić information content (AvgIpc) is 2.34. The van der Waals surface area contributed by atoms with Gasteiger partial charge < -0.3 is 10.1 Å². The molecule has 0 radical (unpaired) electrons. The number of aryl methyl sites for hydroxylation is 1. The highest BCUT2D eigenvalue weighted by atomic mass is 19.1. The standard InChI is InChI=1S/C13H15F2NO2/c1-4-18-13(17)9(3)7-16-12-10(14)6-5-8(2)11(12)15/h5-6,16H,3-4,7H2,1-2H3. The third-order valence-corrected chi connectivity index (χ3v) is 2.33. The molecule has 0 aliphatic heterocycles. The van der Waals surface area contributed by atoms with Crippen LogP contribution in [-0.2, 0) is 9.53 Å². The van der Waals surface area contributed by atoms with Crippen molar-refractivity contribution < 1.29 is 18.3 Å². The zero-order valence-electron chi connectivity index (χ0n) is 10.3. The molecule has 0 aromatic heterocycles. The van der Waals surface area contributed by atoms with Gasteiger partial charge in [-0.2, -0.15) is 0 Å². The van der Waals surface area contributed by atoms with Crippen molar-refractivity contribution in [1.82, 2.24) is 0 Å². The van der Waals surface area contributed by atoms with E-state index in [4.69, 9.17) is 4.74 Å². The minimum Gasteiger partial charge on any atom is -0.463 e. The Hall–Kier alpha value is -1.91. The van der Waals surface area contributed by atoms with Crippen LogP contribution < -0.4 is 5.32 Å². The predicted octanol–water partition coefficient (Wildman–Crippen LogP) is 2.80. The zero-order chi connectivity index (χ0) is 13.7. The summed E-state index contributed by atoms with van der Waals surface area (Å²) in [5, 5.41) is 2.51. The maximum atomic E-state index is 13.6. The van der Waals surface area contributed by atoms with Gasteiger partial charge in [-0.15, -0.1) is 0 Å². The molecule has 0 saturated carbocycles. The van der Waals surface area contributed by atoms with Crippen LogP contribution in [0.2, 0.25) is 0 Å². The summed E-state index contributed by atoms with van der Waals surface area (Å²) in [4.78, 5) is 11.3. The molecule has 0 spiro atoms. The van der Waals surface area contributed by atoms with Crippen LogP contribution in [-0.4, -0.2) is 19.1 Å². The maximum absolute atomic E-state index is 13.6. The molecule has 0 aliphatic carbocycles. The van der Waals surface area contributed by atoms with Crippen LogP contribution in [0, 0.1) is 18.6 Å². The van der Waals surface area contributed by atoms with Gasteiger partial charge >= 0.3 is 5.97 Å². The van der Waals surface area contributed by atoms with Crippen molar-refractivity contribution in [3.8, 4) is 0 Å². The van der Waals surface area contributed by atoms with Gasteiger partial charge in [-0.25, -0.2) is 13.6 Å². The number of rotatable bonds is 5. The molecule has 0 bridgehead atoms. The minimum absolute atomic E-state index is 0.0733. The Kier molecular flexibility index (Phi) is 4.83. The van der Waals surface area contributed by atoms with Crippen LogP contribution >= 0.6 is 0 Å². The van der Waals surface area contributed by atoms with Crippen molar-refractivity contribution in [2.24, 2.45) is 0 Å². The highest BCUT2D eigenvalue weighted by Gasteiger charge is 2.13. The Morgan fingerprint density at radius 3 is 2.72 bits per heavy atom. The van der Waals surface area contributed by atoms with Gasteiger partial charge in [0.05, 0.1) is 6.61 Å². The number of ether oxygens (including phenoxy) is 1. The lowest BCUT2D eigenvalue weighted by Gasteiger charge is -2.11. The highest BCUT2D eigenvalue weighted by Crippen LogP contribution is 2.21. The molecule has 98 valence electrons. The summed E-state index contributed by atoms with van der Waals surface area (Å²) in [5.74, 6) is -1.97. The molecule has 0 aliphatic rings. The number of benzene rings is 1. The Labute approximate surface area is 104 Å². The number of nitrogens with one attached hydrogen (secondary N) is 1. The van der Waals surface area contributed by atoms with Crippen LogP contribution in [0.4, 0.5) is 14.5 Å². The lowest BCUT2D eigenvalue weighted by Crippen LogP contribution is -2.16. The first-order valence-corrected chi connectivity index (χ1v) is 5.50. The Morgan fingerprint density at radius 2 is 2.11 bits per heavy atom. The van der Waals surface area contributed by atoms with E-state index >= 15 is 0 Å². The molecule has 0 unspecified atom stereocenters. The van der Waals surface area contributed by atoms with Crippen molar-refractivity contribution in [1.29, 1.82) is 0 Å². The zero-order valence-corrected chi connectivity index (χ0v) is 10.3. The van der Waals surface area contributed by atoms with E-state index in [1.54, 1.807) is 6.92 Å². The summed E-state index contributed by atoms with van der Waals surface area (Å²) < 4.78 is 31.7. The number of hydrogen-bond donors (Lipinski definition) is 1. The van der Waals surface area contributed by atoms with Gasteiger partial charge in [0.2, 0.25) is 0 Å². The van der Waals surface area contributed by atoms with E-state index in [2.05, 4.69) is 11.9 Å². The molecule has 1 rings (SSSR count). The topological polar surface area (TPSA) is 38.3 Å². The van der Waals surface area contributed by atoms with E-state index < -0.39 is 17.6 Å². The maximum Gasteiger partial charge on any atom is 0.335 e. The number of halogens is 2. The summed E-state index contributed by atoms with van der Waals surface area (Å²) >= 11 is 0. The van der Waals surface area contributed by atoms with Crippen molar-refractivity contribution in [3.05, 3.63) is 41.5 Å². The first-order valence-electron chi connectivity index (χ1n) is 5.50. The third-order valence-electron chi connectivity index (χ3n) is 2.33. The second-order valence-electron chi connectivity index (χ2n) is 3.73. The van der Waals surface area contributed by atoms with Crippen LogP contribution in [0.15, 0.2) is 24.3 Å². The molecule has 18 heavy (non-hydrogen) atoms. The number of carbonyl (C=O) groups is 1. The molecular weight excluding hydrogens is 240 g/mol. The summed E-state index contributed by atoms with van der Waals surface area (Å²) in [6, 6.07) is 2.50. The monoisotopic (exact) mass is 255 g/mol. The van der Waals surface area contributed by atoms with Crippen LogP contribution in [0.3, 0.4) is 0 Å². The molecule has 0 atom stereocenters. The lowest BCUT2D eigenvalue weighted by atomic mass is 10.2. The Morgan fingerprint density at radius 1 is 1.44 bits per heavy atom. The molecule has 5 heteroatoms. The fourth-order valence-electron chi connectivity index (χ4n) is 1.32. The summed E-state index contributed by atoms with van der Waals surface area (Å²) in [6.45, 7) is 6.84. The number of anilines is 1. The molecule has 1 aromatic carbocycles. The van der Waals surface area contributed by atoms with Gasteiger partial charge in [-0.1, -0.05) is 12.6 Å². The quantitative estimate of drug-likeness (QED) is 0.649. The van der Waals surface area contributed by atoms with Crippen LogP contribution in [0.1, 0.15) is 12.5 Å². The van der Waals surface area contributed by atoms with Gasteiger partial charge in [0, 0.05) is 12.1 Å². The smallest absolute Gasteiger partial charge is 0.335 e. The molecule has 0 fully saturated rings. The first kappa shape index (κ1) is 14.2. The molecular formula is C13H15F2NO2. The lowest BCUT2D eigenvalue weighted by molar-refractivity contribution is -0.138. The molecule has 0 heterocycles. The van der Waals surface area contributed by atoms with Crippen molar-refractivity contribution in [3.63, 3.8) is 0 Å². The van der Waals surface area contributed by atoms with E-state index in [-0.39, 0.29) is 24.4 Å². The molecule has 1 aromatic rings. The number of hydrogen-bond acceptors (Lipinski definition) is 3. The predicted molar refractivity (Wildman–Crippen MR) is 65.4 cm³/mol. The highest BCUT2D eigenvalue weighted by molar-refractivity contribution is 5.88. The minimum atomic E-state index is -0.713. The Balaban J connectivity index is 2.72. The van der Waals surface area contributed by atoms with Crippen LogP contribution in [0.25, 0.3) is 0 Å². The second-order valence-corrected chi connectivity index (χ2v) is 3.73. The molecule has 0 amide bonds. The van der Waals surface area contributed by atoms with Crippen molar-refractivity contribution in [2.45, 2.75) is 13.8 Å². The average molecular weight is 255 g/mol. The third kappa shape index (κ3) is 3.29. The largest absolute Gasteiger partial charge is 0.463 e. The van der Waals surface area contributed by atoms with Gasteiger partial charge in [-0.3, -0.25) is 0 Å². The summed E-state index contributed by atoms with van der Waals surface area (Å²) in [6.07, 6.45) is 0. The van der Waals surface area contributed by atoms with E-state index in [1.165, 1.54) is 13.0 Å².